The van der Waals surface area contributed by atoms with E-state index in [0.29, 0.717) is 12.8 Å². The molecule has 0 atom stereocenters. The van der Waals surface area contributed by atoms with Crippen LogP contribution in [0.25, 0.3) is 0 Å². The Bertz CT molecular complexity index is 163. The SMILES string of the molecule is COC1CC(N)(CC(=O)O)C1. The maximum atomic E-state index is 10.3. The molecule has 0 saturated heterocycles. The van der Waals surface area contributed by atoms with Crippen molar-refractivity contribution in [3.05, 3.63) is 0 Å². The maximum Gasteiger partial charge on any atom is 0.305 e. The number of methoxy groups -OCH3 is 1. The summed E-state index contributed by atoms with van der Waals surface area (Å²) in [4.78, 5) is 10.3. The fraction of sp³-hybridized carbons (Fsp3) is 0.857. The van der Waals surface area contributed by atoms with Crippen molar-refractivity contribution in [1.82, 2.24) is 0 Å². The van der Waals surface area contributed by atoms with Gasteiger partial charge in [-0.1, -0.05) is 0 Å². The molecule has 0 bridgehead atoms. The molecule has 1 rings (SSSR count). The van der Waals surface area contributed by atoms with E-state index in [9.17, 15) is 4.79 Å². The Hall–Kier alpha value is -0.610. The molecule has 0 aliphatic heterocycles. The number of carboxylic acid groups (broad SMARTS) is 1. The zero-order valence-corrected chi connectivity index (χ0v) is 6.54. The van der Waals surface area contributed by atoms with Crippen molar-refractivity contribution >= 4 is 5.97 Å². The Balaban J connectivity index is 2.31. The lowest BCUT2D eigenvalue weighted by Gasteiger charge is -2.42. The minimum absolute atomic E-state index is 0.0485. The monoisotopic (exact) mass is 159 g/mol. The largest absolute Gasteiger partial charge is 0.481 e. The summed E-state index contributed by atoms with van der Waals surface area (Å²) in [6.07, 6.45) is 1.54. The van der Waals surface area contributed by atoms with Crippen molar-refractivity contribution in [1.29, 1.82) is 0 Å². The molecular weight excluding hydrogens is 146 g/mol. The van der Waals surface area contributed by atoms with Gasteiger partial charge in [-0.15, -0.1) is 0 Å². The van der Waals surface area contributed by atoms with Gasteiger partial charge < -0.3 is 15.6 Å². The van der Waals surface area contributed by atoms with Crippen molar-refractivity contribution < 1.29 is 14.6 Å². The first-order chi connectivity index (χ1) is 5.06. The van der Waals surface area contributed by atoms with Crippen LogP contribution in [-0.4, -0.2) is 29.8 Å². The van der Waals surface area contributed by atoms with Crippen molar-refractivity contribution in [3.8, 4) is 0 Å². The normalized spacial score (nSPS) is 36.4. The lowest BCUT2D eigenvalue weighted by atomic mass is 9.73. The molecule has 1 fully saturated rings. The van der Waals surface area contributed by atoms with Crippen LogP contribution >= 0.6 is 0 Å². The van der Waals surface area contributed by atoms with Gasteiger partial charge in [0.2, 0.25) is 0 Å². The number of aliphatic carboxylic acids is 1. The molecule has 0 unspecified atom stereocenters. The molecule has 4 nitrogen and oxygen atoms in total. The van der Waals surface area contributed by atoms with Gasteiger partial charge in [-0.3, -0.25) is 4.79 Å². The van der Waals surface area contributed by atoms with Crippen LogP contribution in [0, 0.1) is 0 Å². The number of carboxylic acids is 1. The van der Waals surface area contributed by atoms with Crippen LogP contribution in [0.1, 0.15) is 19.3 Å². The Morgan fingerprint density at radius 2 is 2.36 bits per heavy atom. The number of hydrogen-bond donors (Lipinski definition) is 2. The molecule has 0 spiro atoms. The van der Waals surface area contributed by atoms with Crippen LogP contribution in [0.5, 0.6) is 0 Å². The van der Waals surface area contributed by atoms with E-state index in [4.69, 9.17) is 15.6 Å². The van der Waals surface area contributed by atoms with Gasteiger partial charge in [-0.25, -0.2) is 0 Å². The summed E-state index contributed by atoms with van der Waals surface area (Å²) < 4.78 is 4.99. The lowest BCUT2D eigenvalue weighted by molar-refractivity contribution is -0.140. The molecule has 0 radical (unpaired) electrons. The molecule has 1 saturated carbocycles. The van der Waals surface area contributed by atoms with E-state index in [0.717, 1.165) is 0 Å². The van der Waals surface area contributed by atoms with Crippen molar-refractivity contribution in [3.63, 3.8) is 0 Å². The minimum Gasteiger partial charge on any atom is -0.481 e. The molecule has 0 heterocycles. The Labute approximate surface area is 65.3 Å². The number of nitrogens with two attached hydrogens (primary N) is 1. The van der Waals surface area contributed by atoms with Gasteiger partial charge >= 0.3 is 5.97 Å². The van der Waals surface area contributed by atoms with Gasteiger partial charge in [0.05, 0.1) is 12.5 Å². The fourth-order valence-electron chi connectivity index (χ4n) is 1.46. The highest BCUT2D eigenvalue weighted by atomic mass is 16.5. The first-order valence-electron chi connectivity index (χ1n) is 3.59. The highest BCUT2D eigenvalue weighted by molar-refractivity contribution is 5.68. The Morgan fingerprint density at radius 3 is 2.73 bits per heavy atom. The third-order valence-corrected chi connectivity index (χ3v) is 2.11. The topological polar surface area (TPSA) is 72.5 Å². The lowest BCUT2D eigenvalue weighted by Crippen LogP contribution is -2.56. The molecule has 1 aliphatic carbocycles. The van der Waals surface area contributed by atoms with E-state index in [2.05, 4.69) is 0 Å². The molecule has 1 aliphatic rings. The van der Waals surface area contributed by atoms with Gasteiger partial charge in [0.25, 0.3) is 0 Å². The Kier molecular flexibility index (Phi) is 2.15. The molecule has 0 aromatic rings. The van der Waals surface area contributed by atoms with Crippen molar-refractivity contribution in [2.45, 2.75) is 30.9 Å². The van der Waals surface area contributed by atoms with Crippen LogP contribution in [-0.2, 0) is 9.53 Å². The summed E-state index contributed by atoms with van der Waals surface area (Å²) in [6.45, 7) is 0. The minimum atomic E-state index is -0.831. The molecule has 11 heavy (non-hydrogen) atoms. The van der Waals surface area contributed by atoms with E-state index in [-0.39, 0.29) is 12.5 Å². The molecule has 0 amide bonds. The zero-order valence-electron chi connectivity index (χ0n) is 6.54. The van der Waals surface area contributed by atoms with E-state index < -0.39 is 11.5 Å². The molecule has 3 N–H and O–H groups in total. The zero-order chi connectivity index (χ0) is 8.48. The Morgan fingerprint density at radius 1 is 1.82 bits per heavy atom. The highest BCUT2D eigenvalue weighted by Gasteiger charge is 2.42. The van der Waals surface area contributed by atoms with E-state index in [1.807, 2.05) is 0 Å². The first-order valence-corrected chi connectivity index (χ1v) is 3.59. The number of rotatable bonds is 3. The third-order valence-electron chi connectivity index (χ3n) is 2.11. The molecular formula is C7H13NO3. The maximum absolute atomic E-state index is 10.3. The summed E-state index contributed by atoms with van der Waals surface area (Å²) in [6, 6.07) is 0. The van der Waals surface area contributed by atoms with Crippen molar-refractivity contribution in [2.75, 3.05) is 7.11 Å². The van der Waals surface area contributed by atoms with E-state index in [1.54, 1.807) is 7.11 Å². The second-order valence-corrected chi connectivity index (χ2v) is 3.20. The molecule has 0 aromatic carbocycles. The average molecular weight is 159 g/mol. The average Bonchev–Trinajstić information content (AvgIpc) is 1.80. The van der Waals surface area contributed by atoms with E-state index in [1.165, 1.54) is 0 Å². The standard InChI is InChI=1S/C7H13NO3/c1-11-5-2-7(8,3-5)4-6(9)10/h5H,2-4,8H2,1H3,(H,9,10). The number of hydrogen-bond acceptors (Lipinski definition) is 3. The summed E-state index contributed by atoms with van der Waals surface area (Å²) in [5.41, 5.74) is 5.20. The van der Waals surface area contributed by atoms with Crippen LogP contribution < -0.4 is 5.73 Å². The van der Waals surface area contributed by atoms with Crippen molar-refractivity contribution in [2.24, 2.45) is 5.73 Å². The molecule has 4 heteroatoms. The van der Waals surface area contributed by atoms with E-state index >= 15 is 0 Å². The van der Waals surface area contributed by atoms with Crippen LogP contribution in [0.4, 0.5) is 0 Å². The molecule has 64 valence electrons. The predicted molar refractivity (Wildman–Crippen MR) is 39.2 cm³/mol. The van der Waals surface area contributed by atoms with Crippen LogP contribution in [0.15, 0.2) is 0 Å². The summed E-state index contributed by atoms with van der Waals surface area (Å²) >= 11 is 0. The summed E-state index contributed by atoms with van der Waals surface area (Å²) in [5, 5.41) is 8.45. The summed E-state index contributed by atoms with van der Waals surface area (Å²) in [7, 11) is 1.62. The molecule has 0 aromatic heterocycles. The highest BCUT2D eigenvalue weighted by Crippen LogP contribution is 2.34. The first kappa shape index (κ1) is 8.49. The van der Waals surface area contributed by atoms with Crippen LogP contribution in [0.2, 0.25) is 0 Å². The van der Waals surface area contributed by atoms with Gasteiger partial charge in [0.1, 0.15) is 0 Å². The smallest absolute Gasteiger partial charge is 0.305 e. The van der Waals surface area contributed by atoms with Crippen LogP contribution in [0.3, 0.4) is 0 Å². The second-order valence-electron chi connectivity index (χ2n) is 3.20. The quantitative estimate of drug-likeness (QED) is 0.606. The fourth-order valence-corrected chi connectivity index (χ4v) is 1.46. The predicted octanol–water partition coefficient (Wildman–Crippen LogP) is -0.0326. The van der Waals surface area contributed by atoms with Gasteiger partial charge in [0.15, 0.2) is 0 Å². The third kappa shape index (κ3) is 1.91. The number of ether oxygens (including phenoxy) is 1. The van der Waals surface area contributed by atoms with Gasteiger partial charge in [-0.2, -0.15) is 0 Å². The van der Waals surface area contributed by atoms with Gasteiger partial charge in [0, 0.05) is 12.6 Å². The second kappa shape index (κ2) is 2.79. The van der Waals surface area contributed by atoms with Gasteiger partial charge in [-0.05, 0) is 12.8 Å². The number of carbonyl (C=O) groups is 1. The summed E-state index contributed by atoms with van der Waals surface area (Å²) in [5.74, 6) is -0.831.